The lowest BCUT2D eigenvalue weighted by atomic mass is 10.1. The van der Waals surface area contributed by atoms with Gasteiger partial charge in [0, 0.05) is 17.7 Å². The second-order valence-electron chi connectivity index (χ2n) is 4.57. The van der Waals surface area contributed by atoms with Crippen LogP contribution in [0.4, 0.5) is 5.69 Å². The summed E-state index contributed by atoms with van der Waals surface area (Å²) in [5, 5.41) is 10.6. The number of fused-ring (bicyclic) bond motifs is 1. The van der Waals surface area contributed by atoms with Crippen LogP contribution in [0.3, 0.4) is 0 Å². The highest BCUT2D eigenvalue weighted by molar-refractivity contribution is 5.33. The summed E-state index contributed by atoms with van der Waals surface area (Å²) in [4.78, 5) is 10.2. The molecule has 1 aliphatic heterocycles. The molecule has 2 aromatic carbocycles. The molecule has 0 N–H and O–H groups in total. The molecule has 1 aliphatic rings. The number of benzene rings is 2. The van der Waals surface area contributed by atoms with Gasteiger partial charge in [0.05, 0.1) is 18.1 Å². The maximum absolute atomic E-state index is 10.6. The molecule has 5 heteroatoms. The van der Waals surface area contributed by atoms with E-state index in [1.807, 2.05) is 24.3 Å². The molecule has 0 spiro atoms. The number of ether oxygens (including phenoxy) is 2. The van der Waals surface area contributed by atoms with Crippen molar-refractivity contribution in [3.8, 4) is 0 Å². The predicted octanol–water partition coefficient (Wildman–Crippen LogP) is 3.34. The average molecular weight is 271 g/mol. The molecule has 2 aromatic rings. The fourth-order valence-electron chi connectivity index (χ4n) is 2.16. The van der Waals surface area contributed by atoms with E-state index in [0.717, 1.165) is 16.7 Å². The van der Waals surface area contributed by atoms with Gasteiger partial charge in [-0.15, -0.1) is 0 Å². The van der Waals surface area contributed by atoms with Crippen molar-refractivity contribution in [3.63, 3.8) is 0 Å². The summed E-state index contributed by atoms with van der Waals surface area (Å²) in [5.41, 5.74) is 3.06. The van der Waals surface area contributed by atoms with Gasteiger partial charge in [0.1, 0.15) is 0 Å². The molecule has 0 saturated carbocycles. The molecular weight excluding hydrogens is 258 g/mol. The normalized spacial score (nSPS) is 15.4. The highest BCUT2D eigenvalue weighted by atomic mass is 16.7. The van der Waals surface area contributed by atoms with Crippen LogP contribution in [-0.2, 0) is 22.7 Å². The standard InChI is InChI=1S/C15H13NO4/c17-16(18)14-7-5-11(6-8-14)15-19-9-12-3-1-2-4-13(12)10-20-15/h1-8,15H,9-10H2. The number of nitro groups is 1. The molecular formula is C15H13NO4. The topological polar surface area (TPSA) is 61.6 Å². The van der Waals surface area contributed by atoms with E-state index in [4.69, 9.17) is 9.47 Å². The number of non-ortho nitro benzene ring substituents is 1. The Kier molecular flexibility index (Phi) is 3.45. The van der Waals surface area contributed by atoms with Gasteiger partial charge in [-0.3, -0.25) is 10.1 Å². The van der Waals surface area contributed by atoms with Crippen molar-refractivity contribution in [3.05, 3.63) is 75.3 Å². The molecule has 0 saturated heterocycles. The van der Waals surface area contributed by atoms with E-state index in [1.54, 1.807) is 12.1 Å². The van der Waals surface area contributed by atoms with Crippen LogP contribution in [0.1, 0.15) is 23.0 Å². The Morgan fingerprint density at radius 3 is 2.00 bits per heavy atom. The minimum absolute atomic E-state index is 0.0608. The smallest absolute Gasteiger partial charge is 0.269 e. The maximum Gasteiger partial charge on any atom is 0.269 e. The van der Waals surface area contributed by atoms with E-state index in [2.05, 4.69) is 0 Å². The van der Waals surface area contributed by atoms with Gasteiger partial charge in [0.25, 0.3) is 5.69 Å². The molecule has 5 nitrogen and oxygen atoms in total. The molecule has 0 aliphatic carbocycles. The first-order chi connectivity index (χ1) is 9.74. The van der Waals surface area contributed by atoms with Gasteiger partial charge >= 0.3 is 0 Å². The zero-order chi connectivity index (χ0) is 13.9. The van der Waals surface area contributed by atoms with Crippen molar-refractivity contribution in [1.29, 1.82) is 0 Å². The fourth-order valence-corrected chi connectivity index (χ4v) is 2.16. The largest absolute Gasteiger partial charge is 0.344 e. The van der Waals surface area contributed by atoms with Crippen molar-refractivity contribution < 1.29 is 14.4 Å². The van der Waals surface area contributed by atoms with E-state index in [-0.39, 0.29) is 5.69 Å². The third-order valence-corrected chi connectivity index (χ3v) is 3.27. The van der Waals surface area contributed by atoms with Crippen LogP contribution in [0.25, 0.3) is 0 Å². The van der Waals surface area contributed by atoms with Crippen molar-refractivity contribution >= 4 is 5.69 Å². The van der Waals surface area contributed by atoms with Crippen LogP contribution in [0, 0.1) is 10.1 Å². The quantitative estimate of drug-likeness (QED) is 0.620. The highest BCUT2D eigenvalue weighted by Crippen LogP contribution is 2.28. The first kappa shape index (κ1) is 12.8. The summed E-state index contributed by atoms with van der Waals surface area (Å²) in [5.74, 6) is 0. The number of nitrogens with zero attached hydrogens (tertiary/aromatic N) is 1. The van der Waals surface area contributed by atoms with E-state index >= 15 is 0 Å². The monoisotopic (exact) mass is 271 g/mol. The molecule has 0 radical (unpaired) electrons. The molecule has 102 valence electrons. The van der Waals surface area contributed by atoms with E-state index in [1.165, 1.54) is 12.1 Å². The Hall–Kier alpha value is -2.24. The zero-order valence-corrected chi connectivity index (χ0v) is 10.7. The van der Waals surface area contributed by atoms with E-state index < -0.39 is 11.2 Å². The third-order valence-electron chi connectivity index (χ3n) is 3.27. The van der Waals surface area contributed by atoms with Gasteiger partial charge in [-0.2, -0.15) is 0 Å². The van der Waals surface area contributed by atoms with Gasteiger partial charge in [-0.05, 0) is 23.3 Å². The Morgan fingerprint density at radius 2 is 1.50 bits per heavy atom. The Balaban J connectivity index is 1.78. The second-order valence-corrected chi connectivity index (χ2v) is 4.57. The van der Waals surface area contributed by atoms with Crippen molar-refractivity contribution in [2.75, 3.05) is 0 Å². The number of rotatable bonds is 2. The van der Waals surface area contributed by atoms with Crippen LogP contribution in [0.15, 0.2) is 48.5 Å². The molecule has 1 heterocycles. The first-order valence-corrected chi connectivity index (χ1v) is 6.28. The highest BCUT2D eigenvalue weighted by Gasteiger charge is 2.19. The van der Waals surface area contributed by atoms with Crippen LogP contribution >= 0.6 is 0 Å². The van der Waals surface area contributed by atoms with Crippen LogP contribution in [0.2, 0.25) is 0 Å². The van der Waals surface area contributed by atoms with Gasteiger partial charge in [-0.1, -0.05) is 24.3 Å². The Labute approximate surface area is 115 Å². The fraction of sp³-hybridized carbons (Fsp3) is 0.200. The summed E-state index contributed by atoms with van der Waals surface area (Å²) in [6.07, 6.45) is -0.497. The summed E-state index contributed by atoms with van der Waals surface area (Å²) >= 11 is 0. The van der Waals surface area contributed by atoms with Crippen LogP contribution < -0.4 is 0 Å². The average Bonchev–Trinajstić information content (AvgIpc) is 2.70. The van der Waals surface area contributed by atoms with Gasteiger partial charge < -0.3 is 9.47 Å². The lowest BCUT2D eigenvalue weighted by Gasteiger charge is -2.15. The van der Waals surface area contributed by atoms with Gasteiger partial charge in [-0.25, -0.2) is 0 Å². The lowest BCUT2D eigenvalue weighted by Crippen LogP contribution is -2.05. The summed E-state index contributed by atoms with van der Waals surface area (Å²) in [6.45, 7) is 0.940. The van der Waals surface area contributed by atoms with Crippen LogP contribution in [-0.4, -0.2) is 4.92 Å². The van der Waals surface area contributed by atoms with Gasteiger partial charge in [0.15, 0.2) is 6.29 Å². The van der Waals surface area contributed by atoms with Crippen molar-refractivity contribution in [1.82, 2.24) is 0 Å². The summed E-state index contributed by atoms with van der Waals surface area (Å²) in [6, 6.07) is 14.2. The summed E-state index contributed by atoms with van der Waals surface area (Å²) < 4.78 is 11.4. The minimum atomic E-state index is -0.497. The number of hydrogen-bond acceptors (Lipinski definition) is 4. The lowest BCUT2D eigenvalue weighted by molar-refractivity contribution is -0.384. The van der Waals surface area contributed by atoms with Gasteiger partial charge in [0.2, 0.25) is 0 Å². The van der Waals surface area contributed by atoms with Crippen molar-refractivity contribution in [2.24, 2.45) is 0 Å². The molecule has 0 fully saturated rings. The van der Waals surface area contributed by atoms with E-state index in [0.29, 0.717) is 13.2 Å². The first-order valence-electron chi connectivity index (χ1n) is 6.28. The maximum atomic E-state index is 10.6. The third kappa shape index (κ3) is 2.54. The second kappa shape index (κ2) is 5.40. The van der Waals surface area contributed by atoms with Crippen LogP contribution in [0.5, 0.6) is 0 Å². The molecule has 3 rings (SSSR count). The molecule has 0 bridgehead atoms. The molecule has 0 atom stereocenters. The minimum Gasteiger partial charge on any atom is -0.344 e. The number of nitro benzene ring substituents is 1. The number of hydrogen-bond donors (Lipinski definition) is 0. The SMILES string of the molecule is O=[N+]([O-])c1ccc(C2OCc3ccccc3CO2)cc1. The van der Waals surface area contributed by atoms with E-state index in [9.17, 15) is 10.1 Å². The van der Waals surface area contributed by atoms with Crippen molar-refractivity contribution in [2.45, 2.75) is 19.5 Å². The zero-order valence-electron chi connectivity index (χ0n) is 10.7. The molecule has 0 unspecified atom stereocenters. The molecule has 0 amide bonds. The molecule has 0 aromatic heterocycles. The predicted molar refractivity (Wildman–Crippen MR) is 71.9 cm³/mol. The molecule has 20 heavy (non-hydrogen) atoms. The summed E-state index contributed by atoms with van der Waals surface area (Å²) in [7, 11) is 0. The Bertz CT molecular complexity index is 597. The Morgan fingerprint density at radius 1 is 0.950 bits per heavy atom.